The molecular weight excluding hydrogens is 422 g/mol. The van der Waals surface area contributed by atoms with Crippen LogP contribution in [-0.4, -0.2) is 60.0 Å². The van der Waals surface area contributed by atoms with Gasteiger partial charge in [0.2, 0.25) is 5.65 Å². The Morgan fingerprint density at radius 1 is 1.03 bits per heavy atom. The van der Waals surface area contributed by atoms with E-state index in [1.54, 1.807) is 33.7 Å². The molecule has 2 aromatic heterocycles. The summed E-state index contributed by atoms with van der Waals surface area (Å²) in [5.74, 6) is -0.739. The molecule has 1 aliphatic rings. The van der Waals surface area contributed by atoms with Crippen LogP contribution >= 0.6 is 0 Å². The topological polar surface area (TPSA) is 126 Å². The lowest BCUT2D eigenvalue weighted by Gasteiger charge is -2.30. The van der Waals surface area contributed by atoms with Crippen LogP contribution in [0, 0.1) is 5.92 Å². The summed E-state index contributed by atoms with van der Waals surface area (Å²) in [4.78, 5) is 30.2. The second kappa shape index (κ2) is 9.60. The number of carboxylic acid groups (broad SMARTS) is 1. The molecule has 0 saturated carbocycles. The molecule has 0 radical (unpaired) electrons. The number of carbonyl (C=O) groups excluding carboxylic acids is 1. The Morgan fingerprint density at radius 3 is 2.42 bits per heavy atom. The molecule has 1 fully saturated rings. The quantitative estimate of drug-likeness (QED) is 0.488. The van der Waals surface area contributed by atoms with Crippen LogP contribution in [0.2, 0.25) is 0 Å². The second-order valence-corrected chi connectivity index (χ2v) is 7.47. The third kappa shape index (κ3) is 4.45. The van der Waals surface area contributed by atoms with Crippen LogP contribution in [0.4, 0.5) is 11.5 Å². The SMILES string of the molecule is CC.O=C(O)C1CCN(C(=O)c2ccc(Nc3nc4ccccc4n4nnnc34)cc2)CC1. The van der Waals surface area contributed by atoms with E-state index in [0.717, 1.165) is 16.7 Å². The molecule has 1 amide bonds. The summed E-state index contributed by atoms with van der Waals surface area (Å²) >= 11 is 0. The molecule has 10 heteroatoms. The summed E-state index contributed by atoms with van der Waals surface area (Å²) in [6, 6.07) is 14.7. The fourth-order valence-electron chi connectivity index (χ4n) is 3.83. The number of amides is 1. The van der Waals surface area contributed by atoms with Crippen LogP contribution in [-0.2, 0) is 4.79 Å². The van der Waals surface area contributed by atoms with Gasteiger partial charge in [-0.2, -0.15) is 4.52 Å². The first-order valence-corrected chi connectivity index (χ1v) is 11.0. The van der Waals surface area contributed by atoms with Crippen molar-refractivity contribution in [3.8, 4) is 0 Å². The van der Waals surface area contributed by atoms with Gasteiger partial charge in [-0.1, -0.05) is 26.0 Å². The van der Waals surface area contributed by atoms with Gasteiger partial charge in [-0.15, -0.1) is 5.10 Å². The van der Waals surface area contributed by atoms with Gasteiger partial charge in [0.15, 0.2) is 5.82 Å². The Labute approximate surface area is 190 Å². The normalized spacial score (nSPS) is 14.1. The number of hydrogen-bond donors (Lipinski definition) is 2. The fraction of sp³-hybridized carbons (Fsp3) is 0.304. The Hall–Kier alpha value is -4.08. The predicted molar refractivity (Wildman–Crippen MR) is 123 cm³/mol. The number of aromatic nitrogens is 5. The van der Waals surface area contributed by atoms with E-state index in [0.29, 0.717) is 43.0 Å². The van der Waals surface area contributed by atoms with Gasteiger partial charge in [0.25, 0.3) is 5.91 Å². The van der Waals surface area contributed by atoms with Crippen molar-refractivity contribution in [2.45, 2.75) is 26.7 Å². The largest absolute Gasteiger partial charge is 0.481 e. The molecule has 0 bridgehead atoms. The van der Waals surface area contributed by atoms with Crippen molar-refractivity contribution in [2.75, 3.05) is 18.4 Å². The molecule has 5 rings (SSSR count). The van der Waals surface area contributed by atoms with E-state index >= 15 is 0 Å². The molecule has 33 heavy (non-hydrogen) atoms. The molecule has 0 unspecified atom stereocenters. The molecule has 0 spiro atoms. The number of rotatable bonds is 4. The summed E-state index contributed by atoms with van der Waals surface area (Å²) in [6.45, 7) is 4.91. The van der Waals surface area contributed by atoms with Crippen LogP contribution in [0.1, 0.15) is 37.0 Å². The average Bonchev–Trinajstić information content (AvgIpc) is 3.36. The number of hydrogen-bond acceptors (Lipinski definition) is 7. The molecule has 2 N–H and O–H groups in total. The highest BCUT2D eigenvalue weighted by Crippen LogP contribution is 2.24. The lowest BCUT2D eigenvalue weighted by Crippen LogP contribution is -2.40. The zero-order valence-corrected chi connectivity index (χ0v) is 18.5. The van der Waals surface area contributed by atoms with E-state index in [2.05, 4.69) is 25.8 Å². The smallest absolute Gasteiger partial charge is 0.306 e. The number of benzene rings is 2. The summed E-state index contributed by atoms with van der Waals surface area (Å²) in [6.07, 6.45) is 0.966. The monoisotopic (exact) mass is 447 g/mol. The van der Waals surface area contributed by atoms with Gasteiger partial charge < -0.3 is 15.3 Å². The zero-order chi connectivity index (χ0) is 23.4. The van der Waals surface area contributed by atoms with Crippen LogP contribution in [0.25, 0.3) is 16.7 Å². The molecule has 1 aliphatic heterocycles. The standard InChI is InChI=1S/C21H19N7O3.C2H6/c29-20(27-11-9-14(10-12-27)21(30)31)13-5-7-15(8-6-13)22-18-19-24-25-26-28(19)17-4-2-1-3-16(17)23-18;1-2/h1-8,14H,9-12H2,(H,22,23)(H,30,31);1-2H3. The third-order valence-corrected chi connectivity index (χ3v) is 5.55. The van der Waals surface area contributed by atoms with E-state index in [9.17, 15) is 9.59 Å². The Bertz CT molecular complexity index is 1280. The zero-order valence-electron chi connectivity index (χ0n) is 18.5. The van der Waals surface area contributed by atoms with E-state index in [1.807, 2.05) is 38.1 Å². The highest BCUT2D eigenvalue weighted by Gasteiger charge is 2.27. The van der Waals surface area contributed by atoms with E-state index in [-0.39, 0.29) is 11.8 Å². The highest BCUT2D eigenvalue weighted by atomic mass is 16.4. The third-order valence-electron chi connectivity index (χ3n) is 5.55. The number of carbonyl (C=O) groups is 2. The number of carboxylic acids is 1. The molecule has 3 heterocycles. The number of aliphatic carboxylic acids is 1. The molecule has 10 nitrogen and oxygen atoms in total. The molecule has 1 saturated heterocycles. The maximum absolute atomic E-state index is 12.7. The summed E-state index contributed by atoms with van der Waals surface area (Å²) in [5, 5.41) is 24.2. The Balaban J connectivity index is 0.00000126. The predicted octanol–water partition coefficient (Wildman–Crippen LogP) is 3.38. The molecular formula is C23H25N7O3. The van der Waals surface area contributed by atoms with Gasteiger partial charge in [-0.3, -0.25) is 9.59 Å². The average molecular weight is 447 g/mol. The number of tetrazole rings is 1. The van der Waals surface area contributed by atoms with Gasteiger partial charge in [-0.05, 0) is 59.7 Å². The minimum Gasteiger partial charge on any atom is -0.481 e. The molecule has 4 aromatic rings. The lowest BCUT2D eigenvalue weighted by molar-refractivity contribution is -0.143. The van der Waals surface area contributed by atoms with Crippen molar-refractivity contribution in [2.24, 2.45) is 5.92 Å². The van der Waals surface area contributed by atoms with Crippen molar-refractivity contribution in [1.29, 1.82) is 0 Å². The van der Waals surface area contributed by atoms with Gasteiger partial charge in [0, 0.05) is 24.3 Å². The van der Waals surface area contributed by atoms with Gasteiger partial charge in [-0.25, -0.2) is 4.98 Å². The molecule has 0 aliphatic carbocycles. The van der Waals surface area contributed by atoms with Gasteiger partial charge in [0.05, 0.1) is 17.0 Å². The first-order chi connectivity index (χ1) is 16.1. The maximum Gasteiger partial charge on any atom is 0.306 e. The summed E-state index contributed by atoms with van der Waals surface area (Å²) in [7, 11) is 0. The van der Waals surface area contributed by atoms with Crippen LogP contribution < -0.4 is 5.32 Å². The van der Waals surface area contributed by atoms with E-state index in [4.69, 9.17) is 5.11 Å². The fourth-order valence-corrected chi connectivity index (χ4v) is 3.83. The van der Waals surface area contributed by atoms with Crippen LogP contribution in [0.3, 0.4) is 0 Å². The van der Waals surface area contributed by atoms with E-state index < -0.39 is 5.97 Å². The van der Waals surface area contributed by atoms with Crippen LogP contribution in [0.15, 0.2) is 48.5 Å². The molecule has 0 atom stereocenters. The minimum atomic E-state index is -0.790. The van der Waals surface area contributed by atoms with Gasteiger partial charge in [0.1, 0.15) is 0 Å². The Kier molecular flexibility index (Phi) is 6.43. The number of piperidine rings is 1. The number of fused-ring (bicyclic) bond motifs is 3. The number of anilines is 2. The van der Waals surface area contributed by atoms with E-state index in [1.165, 1.54) is 0 Å². The molecule has 170 valence electrons. The van der Waals surface area contributed by atoms with Crippen molar-refractivity contribution in [3.05, 3.63) is 54.1 Å². The van der Waals surface area contributed by atoms with Crippen LogP contribution in [0.5, 0.6) is 0 Å². The van der Waals surface area contributed by atoms with Crippen molar-refractivity contribution in [3.63, 3.8) is 0 Å². The first-order valence-electron chi connectivity index (χ1n) is 11.0. The summed E-state index contributed by atoms with van der Waals surface area (Å²) in [5.41, 5.74) is 3.36. The summed E-state index contributed by atoms with van der Waals surface area (Å²) < 4.78 is 1.63. The minimum absolute atomic E-state index is 0.0942. The van der Waals surface area contributed by atoms with Crippen molar-refractivity contribution < 1.29 is 14.7 Å². The maximum atomic E-state index is 12.7. The molecule has 2 aromatic carbocycles. The highest BCUT2D eigenvalue weighted by molar-refractivity contribution is 5.95. The number of nitrogens with one attached hydrogen (secondary N) is 1. The lowest BCUT2D eigenvalue weighted by atomic mass is 9.96. The van der Waals surface area contributed by atoms with Crippen molar-refractivity contribution >= 4 is 40.1 Å². The van der Waals surface area contributed by atoms with Gasteiger partial charge >= 0.3 is 5.97 Å². The number of likely N-dealkylation sites (tertiary alicyclic amines) is 1. The first kappa shape index (κ1) is 22.1. The van der Waals surface area contributed by atoms with Crippen molar-refractivity contribution in [1.82, 2.24) is 29.9 Å². The number of nitrogens with zero attached hydrogens (tertiary/aromatic N) is 6. The number of para-hydroxylation sites is 2. The Morgan fingerprint density at radius 2 is 1.73 bits per heavy atom. The second-order valence-electron chi connectivity index (χ2n) is 7.47.